The minimum Gasteiger partial charge on any atom is -0.214 e. The van der Waals surface area contributed by atoms with Crippen LogP contribution in [0, 0.1) is 63.5 Å². The van der Waals surface area contributed by atoms with Gasteiger partial charge in [0.15, 0.2) is 34.9 Å². The zero-order chi connectivity index (χ0) is 18.2. The zero-order valence-corrected chi connectivity index (χ0v) is 11.2. The molecule has 0 radical (unpaired) electrons. The molecule has 0 saturated carbocycles. The summed E-state index contributed by atoms with van der Waals surface area (Å²) in [5.74, 6) is -14.5. The topological polar surface area (TPSA) is 60.5 Å². The Kier molecular flexibility index (Phi) is 4.42. The van der Waals surface area contributed by atoms with Gasteiger partial charge in [0.25, 0.3) is 0 Å². The summed E-state index contributed by atoms with van der Waals surface area (Å²) in [6, 6.07) is 2.16. The van der Waals surface area contributed by atoms with Crippen molar-refractivity contribution in [1.29, 1.82) is 10.5 Å². The van der Waals surface area contributed by atoms with Gasteiger partial charge in [0.2, 0.25) is 5.95 Å². The van der Waals surface area contributed by atoms with Crippen molar-refractivity contribution in [2.75, 3.05) is 0 Å². The molecular weight excluding hydrogens is 343 g/mol. The fourth-order valence-corrected chi connectivity index (χ4v) is 1.90. The Morgan fingerprint density at radius 2 is 1.29 bits per heavy atom. The van der Waals surface area contributed by atoms with Crippen LogP contribution in [0.5, 0.6) is 0 Å². The van der Waals surface area contributed by atoms with Crippen LogP contribution in [0.1, 0.15) is 11.1 Å². The number of benzene rings is 1. The highest BCUT2D eigenvalue weighted by molar-refractivity contribution is 5.64. The molecule has 0 N–H and O–H groups in total. The Morgan fingerprint density at radius 1 is 0.750 bits per heavy atom. The van der Waals surface area contributed by atoms with Crippen LogP contribution in [0.2, 0.25) is 0 Å². The number of hydrogen-bond acceptors (Lipinski definition) is 3. The number of halogens is 7. The number of pyridine rings is 1. The van der Waals surface area contributed by atoms with E-state index >= 15 is 0 Å². The maximum absolute atomic E-state index is 14.1. The van der Waals surface area contributed by atoms with Gasteiger partial charge in [0.05, 0.1) is 18.1 Å². The van der Waals surface area contributed by atoms with Crippen molar-refractivity contribution >= 4 is 0 Å². The van der Waals surface area contributed by atoms with Crippen molar-refractivity contribution in [1.82, 2.24) is 4.98 Å². The van der Waals surface area contributed by atoms with Gasteiger partial charge in [-0.1, -0.05) is 0 Å². The van der Waals surface area contributed by atoms with Crippen molar-refractivity contribution in [3.8, 4) is 23.4 Å². The van der Waals surface area contributed by atoms with Crippen molar-refractivity contribution in [3.05, 3.63) is 52.0 Å². The summed E-state index contributed by atoms with van der Waals surface area (Å²) in [5, 5.41) is 16.9. The average molecular weight is 345 g/mol. The molecule has 0 fully saturated rings. The normalized spacial score (nSPS) is 10.4. The van der Waals surface area contributed by atoms with Gasteiger partial charge in [-0.25, -0.2) is 31.3 Å². The Balaban J connectivity index is 2.94. The molecule has 0 amide bonds. The van der Waals surface area contributed by atoms with Gasteiger partial charge in [-0.2, -0.15) is 14.9 Å². The lowest BCUT2D eigenvalue weighted by Crippen LogP contribution is -2.10. The van der Waals surface area contributed by atoms with Crippen LogP contribution in [-0.2, 0) is 6.42 Å². The minimum atomic E-state index is -2.22. The number of aromatic nitrogens is 1. The molecule has 2 aromatic rings. The molecule has 1 heterocycles. The van der Waals surface area contributed by atoms with Gasteiger partial charge in [0, 0.05) is 5.56 Å². The summed E-state index contributed by atoms with van der Waals surface area (Å²) >= 11 is 0. The third-order valence-electron chi connectivity index (χ3n) is 3.00. The highest BCUT2D eigenvalue weighted by Gasteiger charge is 2.31. The maximum atomic E-state index is 14.1. The van der Waals surface area contributed by atoms with E-state index in [1.165, 1.54) is 6.07 Å². The third kappa shape index (κ3) is 2.42. The summed E-state index contributed by atoms with van der Waals surface area (Å²) in [4.78, 5) is 2.62. The van der Waals surface area contributed by atoms with Gasteiger partial charge in [-0.15, -0.1) is 0 Å². The van der Waals surface area contributed by atoms with Crippen LogP contribution in [-0.4, -0.2) is 4.98 Å². The van der Waals surface area contributed by atoms with Crippen molar-refractivity contribution in [2.24, 2.45) is 0 Å². The largest absolute Gasteiger partial charge is 0.250 e. The molecule has 0 aliphatic carbocycles. The average Bonchev–Trinajstić information content (AvgIpc) is 2.55. The minimum absolute atomic E-state index is 0.869. The second-order valence-electron chi connectivity index (χ2n) is 4.31. The monoisotopic (exact) mass is 345 g/mol. The summed E-state index contributed by atoms with van der Waals surface area (Å²) in [7, 11) is 0. The second-order valence-corrected chi connectivity index (χ2v) is 4.31. The fourth-order valence-electron chi connectivity index (χ4n) is 1.90. The fraction of sp³-hybridized carbons (Fsp3) is 0.0714. The predicted molar refractivity (Wildman–Crippen MR) is 63.4 cm³/mol. The smallest absolute Gasteiger partial charge is 0.214 e. The first-order valence-corrected chi connectivity index (χ1v) is 5.92. The lowest BCUT2D eigenvalue weighted by molar-refractivity contribution is 0.443. The van der Waals surface area contributed by atoms with E-state index in [0.29, 0.717) is 0 Å². The Bertz CT molecular complexity index is 912. The van der Waals surface area contributed by atoms with Crippen molar-refractivity contribution in [3.63, 3.8) is 0 Å². The van der Waals surface area contributed by atoms with Crippen LogP contribution in [0.25, 0.3) is 11.3 Å². The molecule has 24 heavy (non-hydrogen) atoms. The Labute approximate surface area is 129 Å². The molecule has 3 nitrogen and oxygen atoms in total. The van der Waals surface area contributed by atoms with Crippen LogP contribution in [0.3, 0.4) is 0 Å². The van der Waals surface area contributed by atoms with Crippen LogP contribution >= 0.6 is 0 Å². The van der Waals surface area contributed by atoms with Gasteiger partial charge < -0.3 is 0 Å². The van der Waals surface area contributed by atoms with E-state index in [1.807, 2.05) is 0 Å². The first kappa shape index (κ1) is 17.2. The summed E-state index contributed by atoms with van der Waals surface area (Å²) in [6.45, 7) is 0. The van der Waals surface area contributed by atoms with Crippen LogP contribution < -0.4 is 0 Å². The third-order valence-corrected chi connectivity index (χ3v) is 3.00. The maximum Gasteiger partial charge on any atom is 0.250 e. The van der Waals surface area contributed by atoms with Crippen LogP contribution in [0.4, 0.5) is 30.7 Å². The van der Waals surface area contributed by atoms with E-state index in [2.05, 4.69) is 4.98 Å². The molecule has 0 aliphatic heterocycles. The summed E-state index contributed by atoms with van der Waals surface area (Å²) in [6.07, 6.45) is -1.03. The lowest BCUT2D eigenvalue weighted by Gasteiger charge is -2.11. The molecular formula is C14H2F7N3. The number of nitriles is 2. The number of rotatable bonds is 2. The van der Waals surface area contributed by atoms with E-state index in [4.69, 9.17) is 10.5 Å². The first-order chi connectivity index (χ1) is 11.3. The predicted octanol–water partition coefficient (Wildman–Crippen LogP) is 3.66. The number of hydrogen-bond donors (Lipinski definition) is 0. The number of nitrogens with zero attached hydrogens (tertiary/aromatic N) is 3. The van der Waals surface area contributed by atoms with E-state index in [1.54, 1.807) is 0 Å². The molecule has 10 heteroatoms. The van der Waals surface area contributed by atoms with Crippen molar-refractivity contribution < 1.29 is 30.7 Å². The first-order valence-electron chi connectivity index (χ1n) is 5.92. The van der Waals surface area contributed by atoms with Gasteiger partial charge in [-0.05, 0) is 0 Å². The molecule has 0 spiro atoms. The van der Waals surface area contributed by atoms with Crippen LogP contribution in [0.15, 0.2) is 0 Å². The zero-order valence-electron chi connectivity index (χ0n) is 11.2. The van der Waals surface area contributed by atoms with E-state index in [9.17, 15) is 30.7 Å². The molecule has 2 rings (SSSR count). The van der Waals surface area contributed by atoms with E-state index in [0.717, 1.165) is 6.07 Å². The quantitative estimate of drug-likeness (QED) is 0.474. The molecule has 1 aromatic heterocycles. The molecule has 0 atom stereocenters. The molecule has 0 bridgehead atoms. The molecule has 0 saturated heterocycles. The highest BCUT2D eigenvalue weighted by Crippen LogP contribution is 2.34. The highest BCUT2D eigenvalue weighted by atomic mass is 19.2. The van der Waals surface area contributed by atoms with E-state index in [-0.39, 0.29) is 0 Å². The van der Waals surface area contributed by atoms with Crippen molar-refractivity contribution in [2.45, 2.75) is 6.42 Å². The molecule has 0 unspecified atom stereocenters. The van der Waals surface area contributed by atoms with Gasteiger partial charge >= 0.3 is 0 Å². The molecule has 122 valence electrons. The standard InChI is InChI=1S/C14H2F7N3/c15-7-5(3-23)8(16)12(20)6(11(7)19)13-9(17)4(1-2-22)10(18)14(21)24-13/h1H2. The summed E-state index contributed by atoms with van der Waals surface area (Å²) in [5.41, 5.74) is -6.17. The Hall–Kier alpha value is -3.14. The summed E-state index contributed by atoms with van der Waals surface area (Å²) < 4.78 is 95.9. The second kappa shape index (κ2) is 6.16. The lowest BCUT2D eigenvalue weighted by atomic mass is 10.0. The van der Waals surface area contributed by atoms with Gasteiger partial charge in [-0.3, -0.25) is 0 Å². The van der Waals surface area contributed by atoms with Gasteiger partial charge in [0.1, 0.15) is 17.3 Å². The Morgan fingerprint density at radius 3 is 1.75 bits per heavy atom. The molecule has 1 aromatic carbocycles. The molecule has 0 aliphatic rings. The van der Waals surface area contributed by atoms with E-state index < -0.39 is 69.7 Å². The SMILES string of the molecule is N#CCc1c(F)c(F)nc(-c2c(F)c(F)c(C#N)c(F)c2F)c1F.